The van der Waals surface area contributed by atoms with Gasteiger partial charge < -0.3 is 16.0 Å². The molecule has 3 nitrogen and oxygen atoms in total. The lowest BCUT2D eigenvalue weighted by Gasteiger charge is -2.24. The van der Waals surface area contributed by atoms with Crippen LogP contribution in [-0.2, 0) is 6.42 Å². The number of hydrogen-bond donors (Lipinski definition) is 3. The van der Waals surface area contributed by atoms with E-state index >= 15 is 0 Å². The summed E-state index contributed by atoms with van der Waals surface area (Å²) in [6.07, 6.45) is 4.63. The average Bonchev–Trinajstić information content (AvgIpc) is 2.79. The van der Waals surface area contributed by atoms with Gasteiger partial charge in [0, 0.05) is 22.6 Å². The van der Waals surface area contributed by atoms with Crippen molar-refractivity contribution >= 4 is 10.9 Å². The molecule has 0 fully saturated rings. The molecule has 0 radical (unpaired) electrons. The van der Waals surface area contributed by atoms with Crippen LogP contribution in [0.15, 0.2) is 24.3 Å². The Morgan fingerprint density at radius 1 is 1.22 bits per heavy atom. The second-order valence-electron chi connectivity index (χ2n) is 5.10. The summed E-state index contributed by atoms with van der Waals surface area (Å²) in [5.74, 6) is 0. The molecule has 1 aromatic carbocycles. The van der Waals surface area contributed by atoms with Gasteiger partial charge in [0.2, 0.25) is 0 Å². The molecule has 1 aliphatic rings. The molecule has 0 bridgehead atoms. The maximum atomic E-state index is 5.57. The van der Waals surface area contributed by atoms with Gasteiger partial charge >= 0.3 is 0 Å². The molecule has 0 spiro atoms. The van der Waals surface area contributed by atoms with Crippen LogP contribution in [0.3, 0.4) is 0 Å². The average molecular weight is 243 g/mol. The maximum absolute atomic E-state index is 5.57. The second-order valence-corrected chi connectivity index (χ2v) is 5.10. The molecule has 0 amide bonds. The minimum Gasteiger partial charge on any atom is -0.357 e. The monoisotopic (exact) mass is 243 g/mol. The summed E-state index contributed by atoms with van der Waals surface area (Å²) in [6.45, 7) is 1.88. The zero-order valence-corrected chi connectivity index (χ0v) is 10.7. The van der Waals surface area contributed by atoms with Crippen LogP contribution in [0.1, 0.15) is 36.6 Å². The van der Waals surface area contributed by atoms with Crippen LogP contribution in [0.5, 0.6) is 0 Å². The van der Waals surface area contributed by atoms with Gasteiger partial charge in [-0.3, -0.25) is 0 Å². The number of H-pyrrole nitrogens is 1. The van der Waals surface area contributed by atoms with E-state index < -0.39 is 0 Å². The Morgan fingerprint density at radius 3 is 3.00 bits per heavy atom. The minimum absolute atomic E-state index is 0.479. The minimum atomic E-state index is 0.479. The first kappa shape index (κ1) is 11.8. The lowest BCUT2D eigenvalue weighted by atomic mass is 9.96. The Balaban J connectivity index is 1.90. The Morgan fingerprint density at radius 2 is 2.11 bits per heavy atom. The number of unbranched alkanes of at least 4 members (excludes halogenated alkanes) is 1. The van der Waals surface area contributed by atoms with Crippen LogP contribution in [0.4, 0.5) is 0 Å². The van der Waals surface area contributed by atoms with Gasteiger partial charge in [-0.1, -0.05) is 24.6 Å². The summed E-state index contributed by atoms with van der Waals surface area (Å²) in [5.41, 5.74) is 9.76. The molecule has 1 atom stereocenters. The van der Waals surface area contributed by atoms with E-state index in [9.17, 15) is 0 Å². The first-order valence-electron chi connectivity index (χ1n) is 6.93. The van der Waals surface area contributed by atoms with E-state index in [1.165, 1.54) is 35.0 Å². The molecule has 4 N–H and O–H groups in total. The largest absolute Gasteiger partial charge is 0.357 e. The zero-order valence-electron chi connectivity index (χ0n) is 10.7. The predicted molar refractivity (Wildman–Crippen MR) is 75.7 cm³/mol. The molecule has 3 rings (SSSR count). The quantitative estimate of drug-likeness (QED) is 0.723. The van der Waals surface area contributed by atoms with Crippen molar-refractivity contribution < 1.29 is 0 Å². The van der Waals surface area contributed by atoms with Crippen molar-refractivity contribution in [1.29, 1.82) is 0 Å². The molecule has 2 aromatic rings. The summed E-state index contributed by atoms with van der Waals surface area (Å²) in [5, 5.41) is 5.02. The fourth-order valence-corrected chi connectivity index (χ4v) is 3.00. The number of para-hydroxylation sites is 1. The number of rotatable bonds is 4. The number of aromatic amines is 1. The molecule has 1 aliphatic heterocycles. The fourth-order valence-electron chi connectivity index (χ4n) is 3.00. The Kier molecular flexibility index (Phi) is 3.35. The van der Waals surface area contributed by atoms with Gasteiger partial charge in [-0.05, 0) is 44.0 Å². The second kappa shape index (κ2) is 5.12. The normalized spacial score (nSPS) is 19.1. The molecule has 2 heterocycles. The van der Waals surface area contributed by atoms with Crippen molar-refractivity contribution in [2.24, 2.45) is 5.73 Å². The van der Waals surface area contributed by atoms with Gasteiger partial charge in [0.1, 0.15) is 0 Å². The van der Waals surface area contributed by atoms with Crippen molar-refractivity contribution in [2.75, 3.05) is 13.1 Å². The Hall–Kier alpha value is -1.32. The van der Waals surface area contributed by atoms with Crippen LogP contribution in [-0.4, -0.2) is 18.1 Å². The van der Waals surface area contributed by atoms with E-state index in [2.05, 4.69) is 34.6 Å². The van der Waals surface area contributed by atoms with Gasteiger partial charge in [-0.15, -0.1) is 0 Å². The van der Waals surface area contributed by atoms with Gasteiger partial charge in [0.25, 0.3) is 0 Å². The molecular formula is C15H21N3. The van der Waals surface area contributed by atoms with E-state index in [1.54, 1.807) is 0 Å². The topological polar surface area (TPSA) is 53.8 Å². The van der Waals surface area contributed by atoms with Crippen molar-refractivity contribution in [3.63, 3.8) is 0 Å². The van der Waals surface area contributed by atoms with Gasteiger partial charge in [-0.25, -0.2) is 0 Å². The molecule has 0 aliphatic carbocycles. The Labute approximate surface area is 108 Å². The SMILES string of the molecule is NCCCC[C@H]1NCCc2c1[nH]c1ccccc21. The van der Waals surface area contributed by atoms with E-state index in [4.69, 9.17) is 5.73 Å². The summed E-state index contributed by atoms with van der Waals surface area (Å²) >= 11 is 0. The van der Waals surface area contributed by atoms with Gasteiger partial charge in [-0.2, -0.15) is 0 Å². The third-order valence-corrected chi connectivity index (χ3v) is 3.91. The summed E-state index contributed by atoms with van der Waals surface area (Å²) in [4.78, 5) is 3.60. The molecule has 3 heteroatoms. The summed E-state index contributed by atoms with van der Waals surface area (Å²) < 4.78 is 0. The van der Waals surface area contributed by atoms with Crippen LogP contribution in [0.2, 0.25) is 0 Å². The van der Waals surface area contributed by atoms with Crippen molar-refractivity contribution in [3.8, 4) is 0 Å². The van der Waals surface area contributed by atoms with Crippen LogP contribution in [0.25, 0.3) is 10.9 Å². The Bertz CT molecular complexity index is 530. The van der Waals surface area contributed by atoms with E-state index in [0.717, 1.165) is 25.9 Å². The third kappa shape index (κ3) is 2.04. The number of hydrogen-bond acceptors (Lipinski definition) is 2. The highest BCUT2D eigenvalue weighted by atomic mass is 15.0. The molecule has 0 unspecified atom stereocenters. The maximum Gasteiger partial charge on any atom is 0.0476 e. The number of aromatic nitrogens is 1. The predicted octanol–water partition coefficient (Wildman–Crippen LogP) is 2.48. The van der Waals surface area contributed by atoms with Gasteiger partial charge in [0.15, 0.2) is 0 Å². The zero-order chi connectivity index (χ0) is 12.4. The number of fused-ring (bicyclic) bond motifs is 3. The molecule has 96 valence electrons. The summed E-state index contributed by atoms with van der Waals surface area (Å²) in [6, 6.07) is 9.10. The van der Waals surface area contributed by atoms with Crippen LogP contribution < -0.4 is 11.1 Å². The number of nitrogens with two attached hydrogens (primary N) is 1. The van der Waals surface area contributed by atoms with E-state index in [1.807, 2.05) is 0 Å². The first-order chi connectivity index (χ1) is 8.90. The third-order valence-electron chi connectivity index (χ3n) is 3.91. The first-order valence-corrected chi connectivity index (χ1v) is 6.93. The smallest absolute Gasteiger partial charge is 0.0476 e. The van der Waals surface area contributed by atoms with Crippen LogP contribution in [0, 0.1) is 0 Å². The molecule has 0 saturated carbocycles. The lowest BCUT2D eigenvalue weighted by molar-refractivity contribution is 0.451. The van der Waals surface area contributed by atoms with Gasteiger partial charge in [0.05, 0.1) is 0 Å². The van der Waals surface area contributed by atoms with Crippen LogP contribution >= 0.6 is 0 Å². The highest BCUT2D eigenvalue weighted by Gasteiger charge is 2.22. The standard InChI is InChI=1S/C15H21N3/c16-9-4-3-7-14-15-12(8-10-17-14)11-5-1-2-6-13(11)18-15/h1-2,5-6,14,17-18H,3-4,7-10,16H2/t14-/m1/s1. The molecule has 18 heavy (non-hydrogen) atoms. The number of benzene rings is 1. The highest BCUT2D eigenvalue weighted by Crippen LogP contribution is 2.31. The molecule has 1 aromatic heterocycles. The van der Waals surface area contributed by atoms with E-state index in [-0.39, 0.29) is 0 Å². The van der Waals surface area contributed by atoms with Crippen molar-refractivity contribution in [3.05, 3.63) is 35.5 Å². The molecular weight excluding hydrogens is 222 g/mol. The molecule has 0 saturated heterocycles. The highest BCUT2D eigenvalue weighted by molar-refractivity contribution is 5.85. The lowest BCUT2D eigenvalue weighted by Crippen LogP contribution is -2.29. The van der Waals surface area contributed by atoms with Crippen molar-refractivity contribution in [1.82, 2.24) is 10.3 Å². The number of nitrogens with one attached hydrogen (secondary N) is 2. The fraction of sp³-hybridized carbons (Fsp3) is 0.467. The van der Waals surface area contributed by atoms with E-state index in [0.29, 0.717) is 6.04 Å². The van der Waals surface area contributed by atoms with Crippen molar-refractivity contribution in [2.45, 2.75) is 31.7 Å². The summed E-state index contributed by atoms with van der Waals surface area (Å²) in [7, 11) is 0.